The van der Waals surface area contributed by atoms with Crippen LogP contribution in [0.2, 0.25) is 0 Å². The monoisotopic (exact) mass is 287 g/mol. The van der Waals surface area contributed by atoms with Crippen LogP contribution in [0.4, 0.5) is 0 Å². The number of nitriles is 1. The number of hydrogen-bond acceptors (Lipinski definition) is 4. The molecular weight excluding hydrogens is 266 g/mol. The Balaban J connectivity index is 3.02. The fourth-order valence-corrected chi connectivity index (χ4v) is 1.95. The molecule has 1 aromatic carbocycles. The first-order valence-corrected chi connectivity index (χ1v) is 6.78. The maximum Gasteiger partial charge on any atom is 0.349 e. The molecule has 0 aliphatic heterocycles. The third kappa shape index (κ3) is 4.73. The Morgan fingerprint density at radius 1 is 1.29 bits per heavy atom. The molecule has 0 fully saturated rings. The number of esters is 1. The van der Waals surface area contributed by atoms with E-state index in [0.717, 1.165) is 16.7 Å². The fourth-order valence-electron chi connectivity index (χ4n) is 1.95. The Morgan fingerprint density at radius 3 is 2.48 bits per heavy atom. The van der Waals surface area contributed by atoms with E-state index in [-0.39, 0.29) is 11.7 Å². The topological polar surface area (TPSA) is 59.3 Å². The van der Waals surface area contributed by atoms with E-state index in [9.17, 15) is 4.79 Å². The number of benzene rings is 1. The number of aryl methyl sites for hydroxylation is 3. The summed E-state index contributed by atoms with van der Waals surface area (Å²) in [6.07, 6.45) is 1.18. The summed E-state index contributed by atoms with van der Waals surface area (Å²) in [5, 5.41) is 9.16. The van der Waals surface area contributed by atoms with Crippen molar-refractivity contribution in [3.8, 4) is 6.07 Å². The summed E-state index contributed by atoms with van der Waals surface area (Å²) in [4.78, 5) is 12.0. The van der Waals surface area contributed by atoms with Crippen molar-refractivity contribution >= 4 is 12.0 Å². The molecule has 0 radical (unpaired) electrons. The highest BCUT2D eigenvalue weighted by Crippen LogP contribution is 2.18. The average Bonchev–Trinajstić information content (AvgIpc) is 2.41. The van der Waals surface area contributed by atoms with E-state index < -0.39 is 5.97 Å². The van der Waals surface area contributed by atoms with Crippen molar-refractivity contribution in [2.45, 2.75) is 33.8 Å². The van der Waals surface area contributed by atoms with Gasteiger partial charge in [-0.2, -0.15) is 5.26 Å². The Kier molecular flexibility index (Phi) is 6.13. The van der Waals surface area contributed by atoms with Crippen molar-refractivity contribution in [1.29, 1.82) is 5.26 Å². The molecule has 0 aromatic heterocycles. The first-order valence-electron chi connectivity index (χ1n) is 6.78. The number of carbonyl (C=O) groups excluding carboxylic acids is 1. The van der Waals surface area contributed by atoms with Crippen molar-refractivity contribution in [2.75, 3.05) is 13.7 Å². The first-order chi connectivity index (χ1) is 9.88. The Hall–Kier alpha value is -2.12. The predicted molar refractivity (Wildman–Crippen MR) is 81.7 cm³/mol. The molecule has 21 heavy (non-hydrogen) atoms. The van der Waals surface area contributed by atoms with Gasteiger partial charge in [0.05, 0.1) is 6.61 Å². The third-order valence-corrected chi connectivity index (χ3v) is 3.23. The lowest BCUT2D eigenvalue weighted by atomic mass is 9.99. The molecule has 0 spiro atoms. The van der Waals surface area contributed by atoms with Crippen LogP contribution in [-0.2, 0) is 14.3 Å². The largest absolute Gasteiger partial charge is 0.456 e. The highest BCUT2D eigenvalue weighted by Gasteiger charge is 2.15. The molecular formula is C17H21NO3. The second kappa shape index (κ2) is 7.61. The van der Waals surface area contributed by atoms with Crippen LogP contribution in [0.5, 0.6) is 0 Å². The molecule has 4 heteroatoms. The summed E-state index contributed by atoms with van der Waals surface area (Å²) in [5.41, 5.74) is 4.16. The zero-order valence-electron chi connectivity index (χ0n) is 13.2. The molecule has 0 bridgehead atoms. The Morgan fingerprint density at radius 2 is 1.90 bits per heavy atom. The summed E-state index contributed by atoms with van der Waals surface area (Å²) in [6, 6.07) is 5.91. The molecule has 0 heterocycles. The molecule has 0 saturated carbocycles. The molecule has 1 atom stereocenters. The van der Waals surface area contributed by atoms with E-state index in [4.69, 9.17) is 14.7 Å². The van der Waals surface area contributed by atoms with Crippen molar-refractivity contribution < 1.29 is 14.3 Å². The summed E-state index contributed by atoms with van der Waals surface area (Å²) in [6.45, 7) is 8.00. The normalized spacial score (nSPS) is 12.7. The molecule has 0 unspecified atom stereocenters. The Labute approximate surface area is 126 Å². The quantitative estimate of drug-likeness (QED) is 0.474. The second-order valence-corrected chi connectivity index (χ2v) is 5.13. The second-order valence-electron chi connectivity index (χ2n) is 5.13. The molecule has 1 rings (SSSR count). The minimum atomic E-state index is -0.625. The molecule has 1 aromatic rings. The van der Waals surface area contributed by atoms with Gasteiger partial charge in [-0.25, -0.2) is 4.79 Å². The van der Waals surface area contributed by atoms with Crippen LogP contribution in [0.3, 0.4) is 0 Å². The minimum Gasteiger partial charge on any atom is -0.456 e. The molecule has 0 N–H and O–H groups in total. The maximum absolute atomic E-state index is 12.0. The van der Waals surface area contributed by atoms with Gasteiger partial charge in [-0.3, -0.25) is 0 Å². The molecule has 0 amide bonds. The minimum absolute atomic E-state index is 0.00990. The van der Waals surface area contributed by atoms with Gasteiger partial charge < -0.3 is 9.47 Å². The van der Waals surface area contributed by atoms with Crippen molar-refractivity contribution in [3.63, 3.8) is 0 Å². The van der Waals surface area contributed by atoms with Crippen LogP contribution in [0, 0.1) is 32.1 Å². The average molecular weight is 287 g/mol. The molecule has 4 nitrogen and oxygen atoms in total. The van der Waals surface area contributed by atoms with Crippen LogP contribution < -0.4 is 0 Å². The third-order valence-electron chi connectivity index (χ3n) is 3.23. The zero-order valence-corrected chi connectivity index (χ0v) is 13.2. The highest BCUT2D eigenvalue weighted by molar-refractivity contribution is 5.98. The lowest BCUT2D eigenvalue weighted by Gasteiger charge is -2.12. The van der Waals surface area contributed by atoms with Gasteiger partial charge in [-0.1, -0.05) is 12.1 Å². The van der Waals surface area contributed by atoms with Crippen molar-refractivity contribution in [1.82, 2.24) is 0 Å². The van der Waals surface area contributed by atoms with Gasteiger partial charge in [0, 0.05) is 7.11 Å². The molecule has 0 aliphatic carbocycles. The van der Waals surface area contributed by atoms with E-state index in [1.165, 1.54) is 12.7 Å². The Bertz CT molecular complexity index is 597. The smallest absolute Gasteiger partial charge is 0.349 e. The number of methoxy groups -OCH3 is 1. The summed E-state index contributed by atoms with van der Waals surface area (Å²) in [7, 11) is 1.53. The molecule has 0 aliphatic rings. The number of ether oxygens (including phenoxy) is 2. The van der Waals surface area contributed by atoms with Crippen LogP contribution in [0.15, 0.2) is 17.7 Å². The highest BCUT2D eigenvalue weighted by atomic mass is 16.6. The SMILES string of the molecule is COC[C@H](C)OC(=O)/C(C#N)=C/c1cc(C)c(C)cc1C. The van der Waals surface area contributed by atoms with Gasteiger partial charge in [-0.05, 0) is 56.0 Å². The molecule has 0 saturated heterocycles. The summed E-state index contributed by atoms with van der Waals surface area (Å²) < 4.78 is 10.1. The number of nitrogens with zero attached hydrogens (tertiary/aromatic N) is 1. The van der Waals surface area contributed by atoms with Gasteiger partial charge in [0.2, 0.25) is 0 Å². The predicted octanol–water partition coefficient (Wildman–Crippen LogP) is 3.10. The number of rotatable bonds is 5. The van der Waals surface area contributed by atoms with Gasteiger partial charge in [0.15, 0.2) is 0 Å². The van der Waals surface area contributed by atoms with Gasteiger partial charge in [0.1, 0.15) is 17.7 Å². The summed E-state index contributed by atoms with van der Waals surface area (Å²) >= 11 is 0. The van der Waals surface area contributed by atoms with E-state index in [2.05, 4.69) is 0 Å². The van der Waals surface area contributed by atoms with Gasteiger partial charge in [-0.15, -0.1) is 0 Å². The van der Waals surface area contributed by atoms with Crippen molar-refractivity contribution in [2.24, 2.45) is 0 Å². The standard InChI is InChI=1S/C17H21NO3/c1-11-6-13(3)15(7-12(11)2)8-16(9-18)17(19)21-14(4)10-20-5/h6-8,14H,10H2,1-5H3/b16-8+/t14-/m0/s1. The van der Waals surface area contributed by atoms with E-state index in [1.807, 2.05) is 39.0 Å². The lowest BCUT2D eigenvalue weighted by Crippen LogP contribution is -2.20. The fraction of sp³-hybridized carbons (Fsp3) is 0.412. The zero-order chi connectivity index (χ0) is 16.0. The van der Waals surface area contributed by atoms with Crippen LogP contribution >= 0.6 is 0 Å². The van der Waals surface area contributed by atoms with Crippen molar-refractivity contribution in [3.05, 3.63) is 40.0 Å². The number of carbonyl (C=O) groups is 1. The first kappa shape index (κ1) is 16.9. The van der Waals surface area contributed by atoms with Crippen LogP contribution in [0.1, 0.15) is 29.2 Å². The van der Waals surface area contributed by atoms with Gasteiger partial charge in [0.25, 0.3) is 0 Å². The lowest BCUT2D eigenvalue weighted by molar-refractivity contribution is -0.145. The van der Waals surface area contributed by atoms with E-state index in [0.29, 0.717) is 6.61 Å². The van der Waals surface area contributed by atoms with Crippen LogP contribution in [-0.4, -0.2) is 25.8 Å². The number of hydrogen-bond donors (Lipinski definition) is 0. The van der Waals surface area contributed by atoms with Gasteiger partial charge >= 0.3 is 5.97 Å². The summed E-state index contributed by atoms with van der Waals surface area (Å²) in [5.74, 6) is -0.625. The maximum atomic E-state index is 12.0. The van der Waals surface area contributed by atoms with E-state index >= 15 is 0 Å². The van der Waals surface area contributed by atoms with E-state index in [1.54, 1.807) is 13.0 Å². The molecule has 112 valence electrons. The van der Waals surface area contributed by atoms with Crippen LogP contribution in [0.25, 0.3) is 6.08 Å².